The molecule has 0 aliphatic heterocycles. The number of carbonyl (C=O) groups is 3. The van der Waals surface area contributed by atoms with Crippen LogP contribution in [0.2, 0.25) is 0 Å². The summed E-state index contributed by atoms with van der Waals surface area (Å²) in [5.41, 5.74) is 3.99. The van der Waals surface area contributed by atoms with Crippen molar-refractivity contribution in [1.82, 2.24) is 5.32 Å². The number of rotatable bonds is 8. The summed E-state index contributed by atoms with van der Waals surface area (Å²) in [6.07, 6.45) is 0.124. The number of nitrogens with one attached hydrogen (secondary N) is 3. The number of anilines is 2. The Morgan fingerprint density at radius 2 is 1.55 bits per heavy atom. The molecule has 3 aromatic carbocycles. The minimum absolute atomic E-state index is 0.124. The van der Waals surface area contributed by atoms with Gasteiger partial charge in [0.05, 0.1) is 18.4 Å². The summed E-state index contributed by atoms with van der Waals surface area (Å²) in [6, 6.07) is 19.2. The number of para-hydroxylation sites is 1. The second kappa shape index (κ2) is 10.9. The summed E-state index contributed by atoms with van der Waals surface area (Å²) < 4.78 is 5.10. The van der Waals surface area contributed by atoms with Crippen molar-refractivity contribution in [3.05, 3.63) is 89.0 Å². The normalized spacial score (nSPS) is 10.3. The molecule has 0 aliphatic carbocycles. The van der Waals surface area contributed by atoms with Gasteiger partial charge in [-0.3, -0.25) is 14.4 Å². The Morgan fingerprint density at radius 1 is 0.818 bits per heavy atom. The highest BCUT2D eigenvalue weighted by Crippen LogP contribution is 2.18. The van der Waals surface area contributed by atoms with Gasteiger partial charge in [-0.2, -0.15) is 0 Å². The lowest BCUT2D eigenvalue weighted by Crippen LogP contribution is -2.28. The van der Waals surface area contributed by atoms with E-state index in [1.165, 1.54) is 0 Å². The molecule has 0 bridgehead atoms. The third-order valence-corrected chi connectivity index (χ3v) is 5.07. The molecule has 0 radical (unpaired) electrons. The molecule has 0 heterocycles. The fraction of sp³-hybridized carbons (Fsp3) is 0.192. The Kier molecular flexibility index (Phi) is 7.81. The lowest BCUT2D eigenvalue weighted by Gasteiger charge is -2.12. The summed E-state index contributed by atoms with van der Waals surface area (Å²) in [5.74, 6) is -0.262. The molecule has 7 heteroatoms. The highest BCUT2D eigenvalue weighted by molar-refractivity contribution is 6.09. The molecular formula is C26H27N3O4. The fourth-order valence-corrected chi connectivity index (χ4v) is 3.28. The number of benzene rings is 3. The van der Waals surface area contributed by atoms with Crippen LogP contribution in [0, 0.1) is 13.8 Å². The van der Waals surface area contributed by atoms with E-state index in [0.29, 0.717) is 22.6 Å². The average molecular weight is 446 g/mol. The van der Waals surface area contributed by atoms with E-state index >= 15 is 0 Å². The van der Waals surface area contributed by atoms with Crippen molar-refractivity contribution in [2.24, 2.45) is 0 Å². The van der Waals surface area contributed by atoms with Gasteiger partial charge in [-0.1, -0.05) is 29.8 Å². The molecule has 3 rings (SSSR count). The zero-order valence-corrected chi connectivity index (χ0v) is 18.9. The maximum Gasteiger partial charge on any atom is 0.255 e. The van der Waals surface area contributed by atoms with Gasteiger partial charge in [0, 0.05) is 24.2 Å². The smallest absolute Gasteiger partial charge is 0.255 e. The second-order valence-electron chi connectivity index (χ2n) is 7.60. The molecule has 33 heavy (non-hydrogen) atoms. The molecule has 0 unspecified atom stereocenters. The lowest BCUT2D eigenvalue weighted by atomic mass is 10.1. The van der Waals surface area contributed by atoms with Gasteiger partial charge in [0.1, 0.15) is 5.75 Å². The Labute approximate surface area is 193 Å². The van der Waals surface area contributed by atoms with Crippen LogP contribution in [0.5, 0.6) is 5.75 Å². The summed E-state index contributed by atoms with van der Waals surface area (Å²) >= 11 is 0. The van der Waals surface area contributed by atoms with Crippen LogP contribution in [-0.2, 0) is 4.79 Å². The number of methoxy groups -OCH3 is 1. The van der Waals surface area contributed by atoms with Gasteiger partial charge in [-0.05, 0) is 61.9 Å². The monoisotopic (exact) mass is 445 g/mol. The van der Waals surface area contributed by atoms with Crippen molar-refractivity contribution in [3.63, 3.8) is 0 Å². The van der Waals surface area contributed by atoms with Crippen molar-refractivity contribution in [2.45, 2.75) is 20.3 Å². The van der Waals surface area contributed by atoms with Crippen molar-refractivity contribution < 1.29 is 19.1 Å². The van der Waals surface area contributed by atoms with E-state index in [2.05, 4.69) is 16.0 Å². The molecule has 170 valence electrons. The van der Waals surface area contributed by atoms with Gasteiger partial charge in [-0.25, -0.2) is 0 Å². The molecule has 0 atom stereocenters. The number of hydrogen-bond donors (Lipinski definition) is 3. The third-order valence-electron chi connectivity index (χ3n) is 5.07. The number of hydrogen-bond acceptors (Lipinski definition) is 4. The first-order valence-electron chi connectivity index (χ1n) is 10.6. The van der Waals surface area contributed by atoms with Crippen molar-refractivity contribution in [3.8, 4) is 5.75 Å². The van der Waals surface area contributed by atoms with Gasteiger partial charge in [-0.15, -0.1) is 0 Å². The maximum absolute atomic E-state index is 12.7. The summed E-state index contributed by atoms with van der Waals surface area (Å²) in [7, 11) is 1.55. The lowest BCUT2D eigenvalue weighted by molar-refractivity contribution is -0.116. The zero-order valence-electron chi connectivity index (χ0n) is 18.9. The van der Waals surface area contributed by atoms with Gasteiger partial charge in [0.15, 0.2) is 0 Å². The van der Waals surface area contributed by atoms with Crippen LogP contribution in [0.25, 0.3) is 0 Å². The first-order valence-corrected chi connectivity index (χ1v) is 10.6. The van der Waals surface area contributed by atoms with E-state index < -0.39 is 0 Å². The molecule has 3 aromatic rings. The molecule has 0 spiro atoms. The number of ether oxygens (including phenoxy) is 1. The summed E-state index contributed by atoms with van der Waals surface area (Å²) in [4.78, 5) is 37.5. The van der Waals surface area contributed by atoms with Crippen molar-refractivity contribution >= 4 is 29.1 Å². The van der Waals surface area contributed by atoms with E-state index in [9.17, 15) is 14.4 Å². The van der Waals surface area contributed by atoms with E-state index in [1.807, 2.05) is 32.0 Å². The Morgan fingerprint density at radius 3 is 2.24 bits per heavy atom. The average Bonchev–Trinajstić information content (AvgIpc) is 2.81. The molecular weight excluding hydrogens is 418 g/mol. The predicted molar refractivity (Wildman–Crippen MR) is 129 cm³/mol. The van der Waals surface area contributed by atoms with Crippen LogP contribution in [0.4, 0.5) is 11.4 Å². The van der Waals surface area contributed by atoms with Crippen molar-refractivity contribution in [2.75, 3.05) is 24.3 Å². The number of aryl methyl sites for hydroxylation is 2. The van der Waals surface area contributed by atoms with E-state index in [-0.39, 0.29) is 30.7 Å². The minimum atomic E-state index is -0.375. The van der Waals surface area contributed by atoms with Gasteiger partial charge in [0.2, 0.25) is 5.91 Å². The first kappa shape index (κ1) is 23.5. The van der Waals surface area contributed by atoms with Crippen molar-refractivity contribution in [1.29, 1.82) is 0 Å². The Balaban J connectivity index is 1.56. The van der Waals surface area contributed by atoms with Crippen LogP contribution in [-0.4, -0.2) is 31.4 Å². The van der Waals surface area contributed by atoms with Crippen LogP contribution < -0.4 is 20.7 Å². The van der Waals surface area contributed by atoms with Gasteiger partial charge < -0.3 is 20.7 Å². The molecule has 3 amide bonds. The van der Waals surface area contributed by atoms with Crippen LogP contribution in [0.1, 0.15) is 38.3 Å². The maximum atomic E-state index is 12.7. The van der Waals surface area contributed by atoms with Gasteiger partial charge >= 0.3 is 0 Å². The van der Waals surface area contributed by atoms with Crippen LogP contribution in [0.3, 0.4) is 0 Å². The van der Waals surface area contributed by atoms with E-state index in [4.69, 9.17) is 4.74 Å². The highest BCUT2D eigenvalue weighted by atomic mass is 16.5. The molecule has 3 N–H and O–H groups in total. The number of amides is 3. The zero-order chi connectivity index (χ0) is 23.8. The van der Waals surface area contributed by atoms with E-state index in [0.717, 1.165) is 16.8 Å². The number of carbonyl (C=O) groups excluding carboxylic acids is 3. The Bertz CT molecular complexity index is 1160. The highest BCUT2D eigenvalue weighted by Gasteiger charge is 2.14. The topological polar surface area (TPSA) is 96.5 Å². The SMILES string of the molecule is COc1ccc(C(=O)Nc2ccccc2C(=O)NCCC(=O)Nc2ccc(C)cc2C)cc1. The molecule has 0 saturated carbocycles. The summed E-state index contributed by atoms with van der Waals surface area (Å²) in [5, 5.41) is 8.37. The second-order valence-corrected chi connectivity index (χ2v) is 7.60. The molecule has 0 fully saturated rings. The molecule has 7 nitrogen and oxygen atoms in total. The van der Waals surface area contributed by atoms with E-state index in [1.54, 1.807) is 55.6 Å². The first-order chi connectivity index (χ1) is 15.9. The van der Waals surface area contributed by atoms with Crippen LogP contribution in [0.15, 0.2) is 66.7 Å². The minimum Gasteiger partial charge on any atom is -0.497 e. The van der Waals surface area contributed by atoms with Crippen LogP contribution >= 0.6 is 0 Å². The predicted octanol–water partition coefficient (Wildman–Crippen LogP) is 4.32. The quantitative estimate of drug-likeness (QED) is 0.481. The third kappa shape index (κ3) is 6.43. The fourth-order valence-electron chi connectivity index (χ4n) is 3.28. The molecule has 0 aliphatic rings. The summed E-state index contributed by atoms with van der Waals surface area (Å²) in [6.45, 7) is 4.09. The van der Waals surface area contributed by atoms with Gasteiger partial charge in [0.25, 0.3) is 11.8 Å². The largest absolute Gasteiger partial charge is 0.497 e. The Hall–Kier alpha value is -4.13. The molecule has 0 aromatic heterocycles. The standard InChI is InChI=1S/C26H27N3O4/c1-17-8-13-22(18(2)16-17)28-24(30)14-15-27-26(32)21-6-4-5-7-23(21)29-25(31)19-9-11-20(33-3)12-10-19/h4-13,16H,14-15H2,1-3H3,(H,27,32)(H,28,30)(H,29,31). The molecule has 0 saturated heterocycles.